The fourth-order valence-electron chi connectivity index (χ4n) is 1.32. The third-order valence-electron chi connectivity index (χ3n) is 2.15. The van der Waals surface area contributed by atoms with Crippen LogP contribution in [0.15, 0.2) is 22.7 Å². The van der Waals surface area contributed by atoms with Gasteiger partial charge in [-0.15, -0.1) is 0 Å². The molecule has 1 atom stereocenters. The molecule has 1 unspecified atom stereocenters. The van der Waals surface area contributed by atoms with Crippen LogP contribution in [0.2, 0.25) is 5.02 Å². The quantitative estimate of drug-likeness (QED) is 0.872. The molecule has 0 heterocycles. The van der Waals surface area contributed by atoms with Gasteiger partial charge < -0.3 is 10.6 Å². The Balaban J connectivity index is 2.47. The summed E-state index contributed by atoms with van der Waals surface area (Å²) in [5, 5.41) is 7.30. The van der Waals surface area contributed by atoms with Crippen LogP contribution < -0.4 is 10.6 Å². The van der Waals surface area contributed by atoms with E-state index in [4.69, 9.17) is 11.6 Å². The predicted octanol–water partition coefficient (Wildman–Crippen LogP) is 2.80. The normalized spacial score (nSPS) is 12.8. The molecule has 0 saturated carbocycles. The van der Waals surface area contributed by atoms with Gasteiger partial charge in [0, 0.05) is 23.6 Å². The molecule has 2 nitrogen and oxygen atoms in total. The molecule has 0 spiro atoms. The van der Waals surface area contributed by atoms with Crippen LogP contribution in [0.5, 0.6) is 0 Å². The number of nitrogens with one attached hydrogen (secondary N) is 2. The maximum absolute atomic E-state index is 6.00. The molecular weight excluding hydrogens is 275 g/mol. The van der Waals surface area contributed by atoms with Crippen LogP contribution >= 0.6 is 27.5 Å². The minimum Gasteiger partial charge on any atom is -0.318 e. The average Bonchev–Trinajstić information content (AvgIpc) is 2.20. The number of likely N-dealkylation sites (N-methyl/N-ethyl adjacent to an activating group) is 1. The number of benzene rings is 1. The van der Waals surface area contributed by atoms with Crippen molar-refractivity contribution in [2.75, 3.05) is 13.6 Å². The lowest BCUT2D eigenvalue weighted by Crippen LogP contribution is -2.34. The monoisotopic (exact) mass is 290 g/mol. The summed E-state index contributed by atoms with van der Waals surface area (Å²) in [5.74, 6) is 0. The van der Waals surface area contributed by atoms with Gasteiger partial charge in [0.05, 0.1) is 5.02 Å². The molecule has 1 aromatic carbocycles. The molecule has 0 aliphatic heterocycles. The minimum atomic E-state index is 0.456. The molecular formula is C11H16BrClN2. The Morgan fingerprint density at radius 1 is 1.47 bits per heavy atom. The molecule has 0 aliphatic rings. The summed E-state index contributed by atoms with van der Waals surface area (Å²) in [4.78, 5) is 0. The van der Waals surface area contributed by atoms with Crippen molar-refractivity contribution < 1.29 is 0 Å². The Bertz CT molecular complexity index is 317. The molecule has 0 saturated heterocycles. The molecule has 0 bridgehead atoms. The van der Waals surface area contributed by atoms with Crippen molar-refractivity contribution in [1.82, 2.24) is 10.6 Å². The van der Waals surface area contributed by atoms with Gasteiger partial charge in [-0.2, -0.15) is 0 Å². The van der Waals surface area contributed by atoms with Gasteiger partial charge in [-0.3, -0.25) is 0 Å². The first-order valence-corrected chi connectivity index (χ1v) is 6.12. The van der Waals surface area contributed by atoms with Crippen LogP contribution in [0.25, 0.3) is 0 Å². The summed E-state index contributed by atoms with van der Waals surface area (Å²) in [6, 6.07) is 6.47. The number of hydrogen-bond donors (Lipinski definition) is 2. The van der Waals surface area contributed by atoms with Crippen LogP contribution in [-0.4, -0.2) is 19.6 Å². The summed E-state index contributed by atoms with van der Waals surface area (Å²) in [7, 11) is 1.95. The zero-order valence-corrected chi connectivity index (χ0v) is 11.3. The first-order chi connectivity index (χ1) is 7.13. The van der Waals surface area contributed by atoms with Crippen molar-refractivity contribution in [2.45, 2.75) is 19.5 Å². The van der Waals surface area contributed by atoms with Crippen molar-refractivity contribution in [3.8, 4) is 0 Å². The van der Waals surface area contributed by atoms with Gasteiger partial charge in [-0.1, -0.05) is 17.7 Å². The zero-order valence-electron chi connectivity index (χ0n) is 8.98. The smallest absolute Gasteiger partial charge is 0.0551 e. The highest BCUT2D eigenvalue weighted by atomic mass is 79.9. The summed E-state index contributed by atoms with van der Waals surface area (Å²) < 4.78 is 0.941. The van der Waals surface area contributed by atoms with Gasteiger partial charge in [0.1, 0.15) is 0 Å². The van der Waals surface area contributed by atoms with E-state index in [1.54, 1.807) is 0 Å². The second-order valence-corrected chi connectivity index (χ2v) is 4.85. The second-order valence-electron chi connectivity index (χ2n) is 3.59. The molecule has 4 heteroatoms. The van der Waals surface area contributed by atoms with E-state index in [-0.39, 0.29) is 0 Å². The Hall–Kier alpha value is -0.0900. The summed E-state index contributed by atoms with van der Waals surface area (Å²) in [6.45, 7) is 3.96. The predicted molar refractivity (Wildman–Crippen MR) is 69.4 cm³/mol. The van der Waals surface area contributed by atoms with E-state index in [2.05, 4.69) is 39.6 Å². The standard InChI is InChI=1S/C11H16BrClN2/c1-8(6-14-2)15-7-9-3-4-10(12)11(13)5-9/h3-5,8,14-15H,6-7H2,1-2H3. The van der Waals surface area contributed by atoms with Crippen LogP contribution in [-0.2, 0) is 6.54 Å². The largest absolute Gasteiger partial charge is 0.318 e. The molecule has 0 aromatic heterocycles. The maximum Gasteiger partial charge on any atom is 0.0551 e. The molecule has 1 rings (SSSR count). The number of hydrogen-bond acceptors (Lipinski definition) is 2. The highest BCUT2D eigenvalue weighted by Gasteiger charge is 2.01. The third-order valence-corrected chi connectivity index (χ3v) is 3.38. The van der Waals surface area contributed by atoms with Gasteiger partial charge in [0.15, 0.2) is 0 Å². The lowest BCUT2D eigenvalue weighted by atomic mass is 10.2. The zero-order chi connectivity index (χ0) is 11.3. The van der Waals surface area contributed by atoms with Crippen molar-refractivity contribution in [2.24, 2.45) is 0 Å². The van der Waals surface area contributed by atoms with E-state index >= 15 is 0 Å². The van der Waals surface area contributed by atoms with Crippen molar-refractivity contribution in [3.05, 3.63) is 33.3 Å². The van der Waals surface area contributed by atoms with Crippen LogP contribution in [0.4, 0.5) is 0 Å². The van der Waals surface area contributed by atoms with E-state index in [0.717, 1.165) is 22.6 Å². The van der Waals surface area contributed by atoms with E-state index in [9.17, 15) is 0 Å². The molecule has 0 fully saturated rings. The number of rotatable bonds is 5. The van der Waals surface area contributed by atoms with Crippen molar-refractivity contribution >= 4 is 27.5 Å². The highest BCUT2D eigenvalue weighted by molar-refractivity contribution is 9.10. The number of halogens is 2. The Morgan fingerprint density at radius 2 is 2.20 bits per heavy atom. The molecule has 2 N–H and O–H groups in total. The van der Waals surface area contributed by atoms with Crippen LogP contribution in [0, 0.1) is 0 Å². The van der Waals surface area contributed by atoms with Crippen molar-refractivity contribution in [3.63, 3.8) is 0 Å². The molecule has 0 amide bonds. The first-order valence-electron chi connectivity index (χ1n) is 4.95. The van der Waals surface area contributed by atoms with Gasteiger partial charge >= 0.3 is 0 Å². The van der Waals surface area contributed by atoms with E-state index in [1.807, 2.05) is 19.2 Å². The summed E-state index contributed by atoms with van der Waals surface area (Å²) in [5.41, 5.74) is 1.20. The maximum atomic E-state index is 6.00. The summed E-state index contributed by atoms with van der Waals surface area (Å²) >= 11 is 9.38. The summed E-state index contributed by atoms with van der Waals surface area (Å²) in [6.07, 6.45) is 0. The highest BCUT2D eigenvalue weighted by Crippen LogP contribution is 2.23. The average molecular weight is 292 g/mol. The van der Waals surface area contributed by atoms with Gasteiger partial charge in [-0.25, -0.2) is 0 Å². The third kappa shape index (κ3) is 4.51. The molecule has 1 aromatic rings. The molecule has 15 heavy (non-hydrogen) atoms. The molecule has 0 aliphatic carbocycles. The lowest BCUT2D eigenvalue weighted by molar-refractivity contribution is 0.523. The second kappa shape index (κ2) is 6.48. The SMILES string of the molecule is CNCC(C)NCc1ccc(Br)c(Cl)c1. The molecule has 0 radical (unpaired) electrons. The first kappa shape index (κ1) is 13.0. The lowest BCUT2D eigenvalue weighted by Gasteiger charge is -2.13. The molecule has 84 valence electrons. The van der Waals surface area contributed by atoms with Crippen LogP contribution in [0.1, 0.15) is 12.5 Å². The minimum absolute atomic E-state index is 0.456. The Labute approximate surface area is 105 Å². The van der Waals surface area contributed by atoms with Crippen molar-refractivity contribution in [1.29, 1.82) is 0 Å². The fourth-order valence-corrected chi connectivity index (χ4v) is 1.77. The van der Waals surface area contributed by atoms with Gasteiger partial charge in [0.25, 0.3) is 0 Å². The van der Waals surface area contributed by atoms with Crippen LogP contribution in [0.3, 0.4) is 0 Å². The van der Waals surface area contributed by atoms with E-state index < -0.39 is 0 Å². The van der Waals surface area contributed by atoms with Gasteiger partial charge in [-0.05, 0) is 47.6 Å². The Morgan fingerprint density at radius 3 is 2.80 bits per heavy atom. The van der Waals surface area contributed by atoms with Gasteiger partial charge in [0.2, 0.25) is 0 Å². The topological polar surface area (TPSA) is 24.1 Å². The van der Waals surface area contributed by atoms with E-state index in [1.165, 1.54) is 5.56 Å². The Kier molecular flexibility index (Phi) is 5.61. The van der Waals surface area contributed by atoms with E-state index in [0.29, 0.717) is 6.04 Å². The fraction of sp³-hybridized carbons (Fsp3) is 0.455.